The summed E-state index contributed by atoms with van der Waals surface area (Å²) in [6.45, 7) is 7.45. The van der Waals surface area contributed by atoms with Gasteiger partial charge in [-0.3, -0.25) is 0 Å². The van der Waals surface area contributed by atoms with Gasteiger partial charge in [0.1, 0.15) is 18.3 Å². The maximum Gasteiger partial charge on any atom is 0.407 e. The smallest absolute Gasteiger partial charge is 0.407 e. The van der Waals surface area contributed by atoms with Crippen molar-refractivity contribution in [2.75, 3.05) is 6.61 Å². The highest BCUT2D eigenvalue weighted by molar-refractivity contribution is 5.68. The lowest BCUT2D eigenvalue weighted by Gasteiger charge is -2.21. The largest absolute Gasteiger partial charge is 0.445 e. The average molecular weight is 199 g/mol. The standard InChI is InChI=1S/C10H17NO3/c1-6-13-7-8(2)11-9(12)14-10(3,4)5/h1,8H,7H2,2-5H3,(H,11,12)/t8-/m1/s1. The summed E-state index contributed by atoms with van der Waals surface area (Å²) in [5.41, 5.74) is -0.489. The molecule has 0 fully saturated rings. The van der Waals surface area contributed by atoms with Crippen molar-refractivity contribution in [2.45, 2.75) is 39.3 Å². The molecule has 0 radical (unpaired) electrons. The molecule has 1 N–H and O–H groups in total. The second-order valence-corrected chi connectivity index (χ2v) is 3.98. The summed E-state index contributed by atoms with van der Waals surface area (Å²) in [6.07, 6.45) is 6.45. The van der Waals surface area contributed by atoms with Crippen LogP contribution in [-0.4, -0.2) is 24.3 Å². The van der Waals surface area contributed by atoms with E-state index in [1.54, 1.807) is 27.7 Å². The minimum Gasteiger partial charge on any atom is -0.445 e. The third-order valence-electron chi connectivity index (χ3n) is 1.18. The van der Waals surface area contributed by atoms with Gasteiger partial charge in [0, 0.05) is 0 Å². The lowest BCUT2D eigenvalue weighted by molar-refractivity contribution is 0.0489. The van der Waals surface area contributed by atoms with E-state index in [4.69, 9.17) is 11.2 Å². The van der Waals surface area contributed by atoms with Crippen molar-refractivity contribution >= 4 is 6.09 Å². The molecule has 0 aromatic rings. The molecular formula is C10H17NO3. The number of amides is 1. The highest BCUT2D eigenvalue weighted by Crippen LogP contribution is 2.06. The van der Waals surface area contributed by atoms with Crippen LogP contribution in [0, 0.1) is 12.5 Å². The van der Waals surface area contributed by atoms with E-state index in [9.17, 15) is 4.79 Å². The second-order valence-electron chi connectivity index (χ2n) is 3.98. The number of nitrogens with one attached hydrogen (secondary N) is 1. The first-order valence-electron chi connectivity index (χ1n) is 4.42. The molecule has 4 heteroatoms. The first-order chi connectivity index (χ1) is 6.35. The van der Waals surface area contributed by atoms with Crippen molar-refractivity contribution in [1.82, 2.24) is 5.32 Å². The van der Waals surface area contributed by atoms with Crippen molar-refractivity contribution < 1.29 is 14.3 Å². The third-order valence-corrected chi connectivity index (χ3v) is 1.18. The first kappa shape index (κ1) is 12.6. The van der Waals surface area contributed by atoms with E-state index in [-0.39, 0.29) is 12.6 Å². The maximum absolute atomic E-state index is 11.2. The molecule has 1 atom stereocenters. The summed E-state index contributed by atoms with van der Waals surface area (Å²) in [6, 6.07) is -0.166. The Bertz CT molecular complexity index is 225. The number of hydrogen-bond donors (Lipinski definition) is 1. The molecule has 0 unspecified atom stereocenters. The third kappa shape index (κ3) is 7.29. The quantitative estimate of drug-likeness (QED) is 0.701. The fourth-order valence-electron chi connectivity index (χ4n) is 0.724. The van der Waals surface area contributed by atoms with Gasteiger partial charge in [0.25, 0.3) is 0 Å². The van der Waals surface area contributed by atoms with Crippen molar-refractivity contribution in [3.05, 3.63) is 0 Å². The molecule has 0 rings (SSSR count). The molecule has 1 amide bonds. The molecule has 0 saturated carbocycles. The van der Waals surface area contributed by atoms with Crippen LogP contribution in [0.25, 0.3) is 0 Å². The van der Waals surface area contributed by atoms with Crippen molar-refractivity contribution in [2.24, 2.45) is 0 Å². The number of ether oxygens (including phenoxy) is 2. The van der Waals surface area contributed by atoms with Crippen LogP contribution in [0.15, 0.2) is 0 Å². The van der Waals surface area contributed by atoms with Gasteiger partial charge in [0.15, 0.2) is 0 Å². The zero-order valence-electron chi connectivity index (χ0n) is 9.09. The highest BCUT2D eigenvalue weighted by Gasteiger charge is 2.17. The summed E-state index contributed by atoms with van der Waals surface area (Å²) in [4.78, 5) is 11.2. The fraction of sp³-hybridized carbons (Fsp3) is 0.700. The Hall–Kier alpha value is -1.37. The van der Waals surface area contributed by atoms with Crippen LogP contribution >= 0.6 is 0 Å². The Morgan fingerprint density at radius 3 is 2.57 bits per heavy atom. The Labute approximate surface area is 85.0 Å². The van der Waals surface area contributed by atoms with Crippen LogP contribution in [-0.2, 0) is 9.47 Å². The van der Waals surface area contributed by atoms with E-state index < -0.39 is 11.7 Å². The van der Waals surface area contributed by atoms with Crippen LogP contribution in [0.1, 0.15) is 27.7 Å². The minimum absolute atomic E-state index is 0.166. The van der Waals surface area contributed by atoms with Crippen LogP contribution in [0.4, 0.5) is 4.79 Å². The van der Waals surface area contributed by atoms with Gasteiger partial charge in [0.05, 0.1) is 6.04 Å². The summed E-state index contributed by atoms with van der Waals surface area (Å²) in [7, 11) is 0. The van der Waals surface area contributed by atoms with Crippen LogP contribution in [0.2, 0.25) is 0 Å². The molecule has 0 aliphatic rings. The zero-order chi connectivity index (χ0) is 11.2. The molecule has 4 nitrogen and oxygen atoms in total. The Morgan fingerprint density at radius 2 is 2.14 bits per heavy atom. The Kier molecular flexibility index (Phi) is 4.85. The predicted molar refractivity (Wildman–Crippen MR) is 53.6 cm³/mol. The Balaban J connectivity index is 3.78. The summed E-state index contributed by atoms with van der Waals surface area (Å²) >= 11 is 0. The van der Waals surface area contributed by atoms with Crippen molar-refractivity contribution in [3.63, 3.8) is 0 Å². The van der Waals surface area contributed by atoms with Gasteiger partial charge < -0.3 is 14.8 Å². The van der Waals surface area contributed by atoms with E-state index in [0.29, 0.717) is 0 Å². The van der Waals surface area contributed by atoms with Gasteiger partial charge >= 0.3 is 6.09 Å². The molecular weight excluding hydrogens is 182 g/mol. The van der Waals surface area contributed by atoms with Gasteiger partial charge in [-0.25, -0.2) is 4.79 Å². The topological polar surface area (TPSA) is 47.6 Å². The van der Waals surface area contributed by atoms with Gasteiger partial charge in [-0.2, -0.15) is 0 Å². The van der Waals surface area contributed by atoms with E-state index >= 15 is 0 Å². The predicted octanol–water partition coefficient (Wildman–Crippen LogP) is 1.51. The van der Waals surface area contributed by atoms with Crippen molar-refractivity contribution in [1.29, 1.82) is 0 Å². The number of rotatable bonds is 3. The van der Waals surface area contributed by atoms with E-state index in [0.717, 1.165) is 0 Å². The highest BCUT2D eigenvalue weighted by atomic mass is 16.6. The SMILES string of the molecule is C#COC[C@@H](C)NC(=O)OC(C)(C)C. The summed E-state index contributed by atoms with van der Waals surface area (Å²) < 4.78 is 9.71. The molecule has 0 aromatic heterocycles. The Morgan fingerprint density at radius 1 is 1.57 bits per heavy atom. The molecule has 14 heavy (non-hydrogen) atoms. The molecule has 0 heterocycles. The number of hydrogen-bond acceptors (Lipinski definition) is 3. The van der Waals surface area contributed by atoms with Crippen LogP contribution < -0.4 is 5.32 Å². The molecule has 0 saturated heterocycles. The average Bonchev–Trinajstić information content (AvgIpc) is 1.96. The van der Waals surface area contributed by atoms with Gasteiger partial charge in [0.2, 0.25) is 0 Å². The second kappa shape index (κ2) is 5.38. The van der Waals surface area contributed by atoms with Gasteiger partial charge in [-0.05, 0) is 27.7 Å². The van der Waals surface area contributed by atoms with Crippen molar-refractivity contribution in [3.8, 4) is 12.5 Å². The fourth-order valence-corrected chi connectivity index (χ4v) is 0.724. The molecule has 0 aliphatic heterocycles. The number of carbonyl (C=O) groups excluding carboxylic acids is 1. The van der Waals surface area contributed by atoms with E-state index in [1.165, 1.54) is 0 Å². The number of carbonyl (C=O) groups is 1. The minimum atomic E-state index is -0.489. The molecule has 0 aliphatic carbocycles. The lowest BCUT2D eigenvalue weighted by atomic mass is 10.2. The summed E-state index contributed by atoms with van der Waals surface area (Å²) in [5, 5.41) is 2.59. The molecule has 0 aromatic carbocycles. The normalized spacial score (nSPS) is 12.5. The van der Waals surface area contributed by atoms with E-state index in [1.807, 2.05) is 6.11 Å². The van der Waals surface area contributed by atoms with Crippen LogP contribution in [0.3, 0.4) is 0 Å². The molecule has 0 spiro atoms. The van der Waals surface area contributed by atoms with Crippen LogP contribution in [0.5, 0.6) is 0 Å². The molecule has 0 bridgehead atoms. The lowest BCUT2D eigenvalue weighted by Crippen LogP contribution is -2.39. The number of terminal acetylenes is 1. The van der Waals surface area contributed by atoms with E-state index in [2.05, 4.69) is 10.1 Å². The first-order valence-corrected chi connectivity index (χ1v) is 4.42. The number of alkyl carbamates (subject to hydrolysis) is 1. The van der Waals surface area contributed by atoms with Gasteiger partial charge in [-0.1, -0.05) is 6.42 Å². The van der Waals surface area contributed by atoms with Gasteiger partial charge in [-0.15, -0.1) is 0 Å². The molecule has 80 valence electrons. The maximum atomic E-state index is 11.2. The summed E-state index contributed by atoms with van der Waals surface area (Å²) in [5.74, 6) is 0. The zero-order valence-corrected chi connectivity index (χ0v) is 9.09. The monoisotopic (exact) mass is 199 g/mol.